The number of fused-ring (bicyclic) bond motifs is 1. The minimum atomic E-state index is -1.22. The highest BCUT2D eigenvalue weighted by Crippen LogP contribution is 2.31. The Bertz CT molecular complexity index is 673. The van der Waals surface area contributed by atoms with Crippen molar-refractivity contribution in [1.29, 1.82) is 0 Å². The van der Waals surface area contributed by atoms with Gasteiger partial charge in [0.1, 0.15) is 5.75 Å². The van der Waals surface area contributed by atoms with Gasteiger partial charge in [-0.15, -0.1) is 0 Å². The molecule has 0 radical (unpaired) electrons. The number of nitrogens with zero attached hydrogens (tertiary/aromatic N) is 2. The largest absolute Gasteiger partial charge is 0.478 e. The molecule has 0 aliphatic heterocycles. The molecule has 3 N–H and O–H groups in total. The molecule has 1 aromatic heterocycles. The highest BCUT2D eigenvalue weighted by atomic mass is 16.6. The van der Waals surface area contributed by atoms with Crippen molar-refractivity contribution in [2.75, 3.05) is 6.54 Å². The van der Waals surface area contributed by atoms with Gasteiger partial charge < -0.3 is 15.6 Å². The minimum absolute atomic E-state index is 0.135. The molecule has 0 amide bonds. The van der Waals surface area contributed by atoms with Gasteiger partial charge in [-0.2, -0.15) is 0 Å². The predicted molar refractivity (Wildman–Crippen MR) is 69.5 cm³/mol. The Labute approximate surface area is 112 Å². The van der Waals surface area contributed by atoms with Gasteiger partial charge in [0.15, 0.2) is 5.52 Å². The Balaban J connectivity index is 2.53. The lowest BCUT2D eigenvalue weighted by atomic mass is 10.1. The summed E-state index contributed by atoms with van der Waals surface area (Å²) >= 11 is 0. The summed E-state index contributed by atoms with van der Waals surface area (Å²) in [6.45, 7) is -0.214. The molecule has 0 aliphatic rings. The van der Waals surface area contributed by atoms with Gasteiger partial charge in [0, 0.05) is 24.2 Å². The molecule has 20 heavy (non-hydrogen) atoms. The van der Waals surface area contributed by atoms with Crippen molar-refractivity contribution >= 4 is 22.6 Å². The first-order valence-corrected chi connectivity index (χ1v) is 5.66. The van der Waals surface area contributed by atoms with Crippen LogP contribution in [-0.2, 0) is 4.79 Å². The minimum Gasteiger partial charge on any atom is -0.478 e. The van der Waals surface area contributed by atoms with Crippen molar-refractivity contribution in [2.45, 2.75) is 6.10 Å². The normalized spacial score (nSPS) is 12.1. The molecule has 2 aromatic rings. The van der Waals surface area contributed by atoms with E-state index in [4.69, 9.17) is 15.6 Å². The van der Waals surface area contributed by atoms with E-state index in [1.54, 1.807) is 12.1 Å². The van der Waals surface area contributed by atoms with Crippen LogP contribution in [0.2, 0.25) is 0 Å². The maximum atomic E-state index is 10.9. The average Bonchev–Trinajstić information content (AvgIpc) is 2.43. The van der Waals surface area contributed by atoms with Gasteiger partial charge in [0.25, 0.3) is 5.69 Å². The Morgan fingerprint density at radius 3 is 2.85 bits per heavy atom. The van der Waals surface area contributed by atoms with Crippen LogP contribution in [0.5, 0.6) is 5.75 Å². The zero-order chi connectivity index (χ0) is 14.7. The molecule has 1 atom stereocenters. The fourth-order valence-corrected chi connectivity index (χ4v) is 1.73. The third-order valence-corrected chi connectivity index (χ3v) is 2.66. The van der Waals surface area contributed by atoms with Crippen molar-refractivity contribution < 1.29 is 19.6 Å². The van der Waals surface area contributed by atoms with Crippen LogP contribution < -0.4 is 10.5 Å². The number of nitro groups is 1. The third kappa shape index (κ3) is 2.50. The van der Waals surface area contributed by atoms with E-state index in [-0.39, 0.29) is 23.5 Å². The quantitative estimate of drug-likeness (QED) is 0.614. The van der Waals surface area contributed by atoms with Gasteiger partial charge in [-0.1, -0.05) is 0 Å². The van der Waals surface area contributed by atoms with Crippen LogP contribution in [-0.4, -0.2) is 33.6 Å². The second-order valence-corrected chi connectivity index (χ2v) is 3.92. The lowest BCUT2D eigenvalue weighted by molar-refractivity contribution is -0.383. The fourth-order valence-electron chi connectivity index (χ4n) is 1.73. The molecule has 1 heterocycles. The van der Waals surface area contributed by atoms with Crippen molar-refractivity contribution in [2.24, 2.45) is 5.73 Å². The van der Waals surface area contributed by atoms with Crippen molar-refractivity contribution in [3.63, 3.8) is 0 Å². The number of non-ortho nitro benzene ring substituents is 1. The zero-order valence-corrected chi connectivity index (χ0v) is 10.2. The number of nitrogens with two attached hydrogens (primary N) is 1. The maximum absolute atomic E-state index is 10.9. The summed E-state index contributed by atoms with van der Waals surface area (Å²) < 4.78 is 5.29. The average molecular weight is 277 g/mol. The molecule has 0 saturated heterocycles. The number of pyridine rings is 1. The first-order chi connectivity index (χ1) is 9.54. The van der Waals surface area contributed by atoms with Gasteiger partial charge >= 0.3 is 5.97 Å². The van der Waals surface area contributed by atoms with Crippen molar-refractivity contribution in [3.8, 4) is 5.75 Å². The summed E-state index contributed by atoms with van der Waals surface area (Å²) in [5.74, 6) is -1.01. The molecule has 2 rings (SSSR count). The van der Waals surface area contributed by atoms with Crippen molar-refractivity contribution in [3.05, 3.63) is 40.6 Å². The monoisotopic (exact) mass is 277 g/mol. The number of nitro benzene ring substituents is 1. The highest BCUT2D eigenvalue weighted by molar-refractivity contribution is 5.92. The molecule has 1 aromatic carbocycles. The summed E-state index contributed by atoms with van der Waals surface area (Å²) in [5, 5.41) is 20.2. The van der Waals surface area contributed by atoms with E-state index in [2.05, 4.69) is 4.98 Å². The smallest absolute Gasteiger partial charge is 0.346 e. The Kier molecular flexibility index (Phi) is 3.76. The number of aromatic nitrogens is 1. The van der Waals surface area contributed by atoms with Gasteiger partial charge in [-0.3, -0.25) is 10.1 Å². The van der Waals surface area contributed by atoms with Crippen LogP contribution in [0, 0.1) is 10.1 Å². The van der Waals surface area contributed by atoms with Crippen molar-refractivity contribution in [1.82, 2.24) is 4.98 Å². The zero-order valence-electron chi connectivity index (χ0n) is 10.2. The number of benzene rings is 1. The van der Waals surface area contributed by atoms with Gasteiger partial charge in [0.2, 0.25) is 6.10 Å². The Hall–Kier alpha value is -2.74. The molecular weight excluding hydrogens is 266 g/mol. The molecular formula is C12H11N3O5. The summed E-state index contributed by atoms with van der Waals surface area (Å²) in [5.41, 5.74) is 5.28. The predicted octanol–water partition coefficient (Wildman–Crippen LogP) is 0.934. The summed E-state index contributed by atoms with van der Waals surface area (Å²) in [4.78, 5) is 25.2. The molecule has 0 bridgehead atoms. The van der Waals surface area contributed by atoms with Gasteiger partial charge in [-0.05, 0) is 18.2 Å². The fraction of sp³-hybridized carbons (Fsp3) is 0.167. The standard InChI is InChI=1S/C12H11N3O5/c13-6-10(12(16)17)20-9-4-3-8(15(18)19)11-7(9)2-1-5-14-11/h1-5,10H,6,13H2,(H,16,17). The molecule has 1 unspecified atom stereocenters. The molecule has 0 fully saturated rings. The second-order valence-electron chi connectivity index (χ2n) is 3.92. The topological polar surface area (TPSA) is 129 Å². The van der Waals surface area contributed by atoms with Crippen LogP contribution in [0.1, 0.15) is 0 Å². The van der Waals surface area contributed by atoms with Crippen LogP contribution in [0.25, 0.3) is 10.9 Å². The lowest BCUT2D eigenvalue weighted by Crippen LogP contribution is -2.34. The van der Waals surface area contributed by atoms with E-state index < -0.39 is 17.0 Å². The molecule has 0 spiro atoms. The van der Waals surface area contributed by atoms with E-state index in [0.717, 1.165) is 0 Å². The number of ether oxygens (including phenoxy) is 1. The number of carbonyl (C=O) groups is 1. The Morgan fingerprint density at radius 2 is 2.25 bits per heavy atom. The number of hydrogen-bond donors (Lipinski definition) is 2. The molecule has 8 heteroatoms. The number of carboxylic acid groups (broad SMARTS) is 1. The molecule has 0 saturated carbocycles. The second kappa shape index (κ2) is 5.49. The first kappa shape index (κ1) is 13.7. The summed E-state index contributed by atoms with van der Waals surface area (Å²) in [7, 11) is 0. The van der Waals surface area contributed by atoms with Crippen LogP contribution in [0.4, 0.5) is 5.69 Å². The van der Waals surface area contributed by atoms with Gasteiger partial charge in [0.05, 0.1) is 4.92 Å². The summed E-state index contributed by atoms with van der Waals surface area (Å²) in [6, 6.07) is 5.71. The lowest BCUT2D eigenvalue weighted by Gasteiger charge is -2.14. The van der Waals surface area contributed by atoms with E-state index in [1.165, 1.54) is 18.3 Å². The molecule has 0 aliphatic carbocycles. The highest BCUT2D eigenvalue weighted by Gasteiger charge is 2.21. The van der Waals surface area contributed by atoms with Crippen LogP contribution in [0.15, 0.2) is 30.5 Å². The van der Waals surface area contributed by atoms with Gasteiger partial charge in [-0.25, -0.2) is 9.78 Å². The Morgan fingerprint density at radius 1 is 1.50 bits per heavy atom. The number of aliphatic carboxylic acids is 1. The van der Waals surface area contributed by atoms with E-state index in [9.17, 15) is 14.9 Å². The first-order valence-electron chi connectivity index (χ1n) is 5.66. The maximum Gasteiger partial charge on any atom is 0.346 e. The SMILES string of the molecule is NCC(Oc1ccc([N+](=O)[O-])c2ncccc12)C(=O)O. The van der Waals surface area contributed by atoms with E-state index in [1.807, 2.05) is 0 Å². The van der Waals surface area contributed by atoms with E-state index >= 15 is 0 Å². The summed E-state index contributed by atoms with van der Waals surface area (Å²) in [6.07, 6.45) is 0.191. The van der Waals surface area contributed by atoms with Crippen LogP contribution in [0.3, 0.4) is 0 Å². The van der Waals surface area contributed by atoms with Crippen LogP contribution >= 0.6 is 0 Å². The number of rotatable bonds is 5. The molecule has 104 valence electrons. The number of hydrogen-bond acceptors (Lipinski definition) is 6. The number of carboxylic acids is 1. The molecule has 8 nitrogen and oxygen atoms in total. The van der Waals surface area contributed by atoms with E-state index in [0.29, 0.717) is 5.39 Å². The third-order valence-electron chi connectivity index (χ3n) is 2.66.